The second-order valence-corrected chi connectivity index (χ2v) is 16.5. The van der Waals surface area contributed by atoms with Crippen LogP contribution < -0.4 is 9.80 Å². The lowest BCUT2D eigenvalue weighted by Gasteiger charge is -2.26. The van der Waals surface area contributed by atoms with Crippen LogP contribution in [0.1, 0.15) is 12.8 Å². The third-order valence-electron chi connectivity index (χ3n) is 12.7. The average Bonchev–Trinajstić information content (AvgIpc) is 3.88. The van der Waals surface area contributed by atoms with E-state index in [4.69, 9.17) is 0 Å². The van der Waals surface area contributed by atoms with Crippen molar-refractivity contribution in [2.24, 2.45) is 0 Å². The Balaban J connectivity index is 0.911. The minimum atomic E-state index is 1.05. The summed E-state index contributed by atoms with van der Waals surface area (Å²) in [6.07, 6.45) is 9.06. The van der Waals surface area contributed by atoms with Gasteiger partial charge in [0.15, 0.2) is 0 Å². The van der Waals surface area contributed by atoms with Gasteiger partial charge in [0.05, 0.1) is 22.1 Å². The summed E-state index contributed by atoms with van der Waals surface area (Å²) in [6.45, 7) is 0. The topological polar surface area (TPSA) is 16.3 Å². The Morgan fingerprint density at radius 1 is 0.312 bits per heavy atom. The highest BCUT2D eigenvalue weighted by Crippen LogP contribution is 2.43. The van der Waals surface area contributed by atoms with Gasteiger partial charge >= 0.3 is 0 Å². The first-order valence-electron chi connectivity index (χ1n) is 22.2. The molecular formula is C60H44N4. The maximum absolute atomic E-state index is 2.43. The lowest BCUT2D eigenvalue weighted by Crippen LogP contribution is -2.10. The quantitative estimate of drug-likeness (QED) is 0.144. The van der Waals surface area contributed by atoms with Crippen molar-refractivity contribution in [1.29, 1.82) is 0 Å². The fourth-order valence-electron chi connectivity index (χ4n) is 9.75. The van der Waals surface area contributed by atoms with E-state index in [-0.39, 0.29) is 0 Å². The van der Waals surface area contributed by atoms with E-state index in [9.17, 15) is 0 Å². The summed E-state index contributed by atoms with van der Waals surface area (Å²) in [4.78, 5) is 4.72. The Bertz CT molecular complexity index is 3520. The molecule has 12 rings (SSSR count). The molecule has 0 saturated heterocycles. The molecule has 0 amide bonds. The summed E-state index contributed by atoms with van der Waals surface area (Å²) in [5.74, 6) is 0. The van der Waals surface area contributed by atoms with Gasteiger partial charge in [-0.05, 0) is 127 Å². The number of benzene rings is 9. The monoisotopic (exact) mass is 820 g/mol. The van der Waals surface area contributed by atoms with Crippen LogP contribution in [0.3, 0.4) is 0 Å². The molecule has 4 nitrogen and oxygen atoms in total. The smallest absolute Gasteiger partial charge is 0.0561 e. The second-order valence-electron chi connectivity index (χ2n) is 16.5. The van der Waals surface area contributed by atoms with Crippen LogP contribution in [0.4, 0.5) is 34.1 Å². The van der Waals surface area contributed by atoms with Crippen molar-refractivity contribution in [2.75, 3.05) is 9.80 Å². The van der Waals surface area contributed by atoms with Gasteiger partial charge in [0, 0.05) is 67.1 Å². The lowest BCUT2D eigenvalue weighted by molar-refractivity contribution is 1.02. The molecule has 0 saturated carbocycles. The lowest BCUT2D eigenvalue weighted by atomic mass is 10.0. The van der Waals surface area contributed by atoms with Gasteiger partial charge in [0.2, 0.25) is 0 Å². The highest BCUT2D eigenvalue weighted by molar-refractivity contribution is 6.12. The third-order valence-corrected chi connectivity index (χ3v) is 12.7. The number of rotatable bonds is 9. The zero-order valence-electron chi connectivity index (χ0n) is 35.3. The van der Waals surface area contributed by atoms with E-state index in [1.807, 2.05) is 0 Å². The van der Waals surface area contributed by atoms with Crippen LogP contribution >= 0.6 is 0 Å². The Morgan fingerprint density at radius 3 is 1.22 bits per heavy atom. The van der Waals surface area contributed by atoms with E-state index in [1.54, 1.807) is 0 Å². The summed E-state index contributed by atoms with van der Waals surface area (Å²) in [5, 5.41) is 5.01. The van der Waals surface area contributed by atoms with Crippen molar-refractivity contribution in [3.63, 3.8) is 0 Å². The SMILES string of the molecule is C1=CC(n2c3ccccc3c3ccc(N(c4ccccc4)c4ccc(-c5ccc(N(c6ccccc6)c6ccc7c8ccccc8n(-c8ccccc8)c7c6)cc5)cc4)cc32)=CCC1. The van der Waals surface area contributed by atoms with Gasteiger partial charge in [-0.25, -0.2) is 0 Å². The van der Waals surface area contributed by atoms with E-state index < -0.39 is 0 Å². The first-order valence-corrected chi connectivity index (χ1v) is 22.2. The summed E-state index contributed by atoms with van der Waals surface area (Å²) in [5.41, 5.74) is 16.1. The summed E-state index contributed by atoms with van der Waals surface area (Å²) in [6, 6.07) is 81.3. The molecule has 9 aromatic carbocycles. The molecule has 0 bridgehead atoms. The molecule has 2 aromatic heterocycles. The fourth-order valence-corrected chi connectivity index (χ4v) is 9.75. The highest BCUT2D eigenvalue weighted by Gasteiger charge is 2.20. The van der Waals surface area contributed by atoms with Crippen molar-refractivity contribution in [3.05, 3.63) is 243 Å². The third kappa shape index (κ3) is 6.47. The predicted molar refractivity (Wildman–Crippen MR) is 271 cm³/mol. The number of fused-ring (bicyclic) bond motifs is 6. The van der Waals surface area contributed by atoms with Crippen LogP contribution in [0.25, 0.3) is 66.1 Å². The number of anilines is 6. The summed E-state index contributed by atoms with van der Waals surface area (Å²) < 4.78 is 4.81. The molecule has 0 unspecified atom stereocenters. The van der Waals surface area contributed by atoms with Gasteiger partial charge in [-0.2, -0.15) is 0 Å². The van der Waals surface area contributed by atoms with Crippen molar-refractivity contribution >= 4 is 83.4 Å². The van der Waals surface area contributed by atoms with Gasteiger partial charge in [0.25, 0.3) is 0 Å². The molecule has 64 heavy (non-hydrogen) atoms. The average molecular weight is 821 g/mol. The minimum absolute atomic E-state index is 1.05. The van der Waals surface area contributed by atoms with Crippen molar-refractivity contribution in [2.45, 2.75) is 12.8 Å². The molecule has 0 spiro atoms. The highest BCUT2D eigenvalue weighted by atomic mass is 15.2. The molecule has 0 atom stereocenters. The number of hydrogen-bond acceptors (Lipinski definition) is 2. The van der Waals surface area contributed by atoms with Crippen LogP contribution in [0.5, 0.6) is 0 Å². The standard InChI is InChI=1S/C60H44N4/c1-5-17-45(18-6-1)61(51-37-39-55-53-25-13-15-27-57(53)63(59(55)41-51)47-21-9-3-10-22-47)49-33-29-43(30-34-49)44-31-35-50(36-32-44)62(46-19-7-2-8-20-46)52-38-40-56-54-26-14-16-28-58(54)64(60(56)42-52)48-23-11-4-12-24-48/h1-3,5-11,13-42H,4,12H2. The zero-order valence-corrected chi connectivity index (χ0v) is 35.3. The predicted octanol–water partition coefficient (Wildman–Crippen LogP) is 16.7. The minimum Gasteiger partial charge on any atom is -0.310 e. The van der Waals surface area contributed by atoms with Gasteiger partial charge in [0.1, 0.15) is 0 Å². The molecule has 2 heterocycles. The zero-order chi connectivity index (χ0) is 42.4. The molecule has 11 aromatic rings. The summed E-state index contributed by atoms with van der Waals surface area (Å²) in [7, 11) is 0. The van der Waals surface area contributed by atoms with Crippen LogP contribution in [0.15, 0.2) is 243 Å². The van der Waals surface area contributed by atoms with Crippen LogP contribution in [0.2, 0.25) is 0 Å². The molecule has 4 heteroatoms. The molecule has 1 aliphatic rings. The first-order chi connectivity index (χ1) is 31.8. The van der Waals surface area contributed by atoms with Gasteiger partial charge < -0.3 is 18.9 Å². The largest absolute Gasteiger partial charge is 0.310 e. The molecule has 1 aliphatic carbocycles. The Labute approximate surface area is 373 Å². The van der Waals surface area contributed by atoms with E-state index in [0.29, 0.717) is 0 Å². The molecule has 304 valence electrons. The maximum Gasteiger partial charge on any atom is 0.0561 e. The number of aromatic nitrogens is 2. The molecular weight excluding hydrogens is 777 g/mol. The van der Waals surface area contributed by atoms with E-state index >= 15 is 0 Å². The molecule has 0 N–H and O–H groups in total. The molecule has 0 aliphatic heterocycles. The number of hydrogen-bond donors (Lipinski definition) is 0. The first kappa shape index (κ1) is 37.4. The van der Waals surface area contributed by atoms with Crippen LogP contribution in [0, 0.1) is 0 Å². The van der Waals surface area contributed by atoms with E-state index in [0.717, 1.165) is 63.8 Å². The Hall–Kier alpha value is -8.34. The van der Waals surface area contributed by atoms with Gasteiger partial charge in [-0.1, -0.05) is 140 Å². The van der Waals surface area contributed by atoms with Crippen molar-refractivity contribution < 1.29 is 0 Å². The van der Waals surface area contributed by atoms with Crippen molar-refractivity contribution in [1.82, 2.24) is 9.13 Å². The summed E-state index contributed by atoms with van der Waals surface area (Å²) >= 11 is 0. The Kier molecular flexibility index (Phi) is 9.27. The molecule has 0 radical (unpaired) electrons. The second kappa shape index (κ2) is 15.8. The fraction of sp³-hybridized carbons (Fsp3) is 0.0333. The molecule has 0 fully saturated rings. The maximum atomic E-state index is 2.43. The van der Waals surface area contributed by atoms with Gasteiger partial charge in [-0.15, -0.1) is 0 Å². The van der Waals surface area contributed by atoms with E-state index in [2.05, 4.69) is 262 Å². The number of allylic oxidation sites excluding steroid dienone is 4. The van der Waals surface area contributed by atoms with Crippen LogP contribution in [-0.4, -0.2) is 9.13 Å². The van der Waals surface area contributed by atoms with Crippen LogP contribution in [-0.2, 0) is 0 Å². The number of nitrogens with zero attached hydrogens (tertiary/aromatic N) is 4. The van der Waals surface area contributed by atoms with Crippen molar-refractivity contribution in [3.8, 4) is 16.8 Å². The van der Waals surface area contributed by atoms with Gasteiger partial charge in [-0.3, -0.25) is 0 Å². The number of para-hydroxylation sites is 5. The Morgan fingerprint density at radius 2 is 0.719 bits per heavy atom. The van der Waals surface area contributed by atoms with E-state index in [1.165, 1.54) is 49.3 Å². The normalized spacial score (nSPS) is 12.6.